The van der Waals surface area contributed by atoms with E-state index in [1.165, 1.54) is 0 Å². The van der Waals surface area contributed by atoms with Gasteiger partial charge in [-0.05, 0) is 54.9 Å². The minimum absolute atomic E-state index is 0.0391. The molecule has 2 saturated carbocycles. The lowest BCUT2D eigenvalue weighted by molar-refractivity contribution is -0.125. The Balaban J connectivity index is 1.54. The summed E-state index contributed by atoms with van der Waals surface area (Å²) in [5, 5.41) is 13.0. The maximum absolute atomic E-state index is 13.2. The predicted molar refractivity (Wildman–Crippen MR) is 100.0 cm³/mol. The van der Waals surface area contributed by atoms with Crippen LogP contribution in [-0.4, -0.2) is 24.2 Å². The second-order valence-corrected chi connectivity index (χ2v) is 7.56. The molecule has 2 aromatic carbocycles. The van der Waals surface area contributed by atoms with E-state index in [9.17, 15) is 9.90 Å². The Labute approximate surface area is 154 Å². The number of rotatable bonds is 6. The SMILES string of the molecule is COc1ccc(C2(C(=O)NC(c3ccccc3)C3CC(O)C3)CC2)cc1. The Hall–Kier alpha value is -2.33. The Bertz CT molecular complexity index is 762. The van der Waals surface area contributed by atoms with Gasteiger partial charge >= 0.3 is 0 Å². The zero-order chi connectivity index (χ0) is 18.1. The van der Waals surface area contributed by atoms with Crippen LogP contribution in [0.4, 0.5) is 0 Å². The largest absolute Gasteiger partial charge is 0.497 e. The van der Waals surface area contributed by atoms with Gasteiger partial charge in [0.1, 0.15) is 5.75 Å². The Morgan fingerprint density at radius 2 is 1.77 bits per heavy atom. The summed E-state index contributed by atoms with van der Waals surface area (Å²) in [5.74, 6) is 1.19. The molecular formula is C22H25NO3. The molecule has 0 heterocycles. The maximum atomic E-state index is 13.2. The monoisotopic (exact) mass is 351 g/mol. The molecule has 1 unspecified atom stereocenters. The van der Waals surface area contributed by atoms with Crippen molar-refractivity contribution in [2.24, 2.45) is 5.92 Å². The minimum Gasteiger partial charge on any atom is -0.497 e. The third-order valence-electron chi connectivity index (χ3n) is 5.89. The number of methoxy groups -OCH3 is 1. The molecule has 0 spiro atoms. The lowest BCUT2D eigenvalue weighted by atomic mass is 9.74. The lowest BCUT2D eigenvalue weighted by Crippen LogP contribution is -2.44. The molecule has 2 aromatic rings. The van der Waals surface area contributed by atoms with Crippen LogP contribution in [0.3, 0.4) is 0 Å². The van der Waals surface area contributed by atoms with E-state index in [0.29, 0.717) is 5.92 Å². The zero-order valence-electron chi connectivity index (χ0n) is 15.0. The van der Waals surface area contributed by atoms with E-state index in [-0.39, 0.29) is 18.1 Å². The van der Waals surface area contributed by atoms with Crippen molar-refractivity contribution in [2.75, 3.05) is 7.11 Å². The molecular weight excluding hydrogens is 326 g/mol. The van der Waals surface area contributed by atoms with Crippen LogP contribution in [0.15, 0.2) is 54.6 Å². The van der Waals surface area contributed by atoms with Gasteiger partial charge in [0.15, 0.2) is 0 Å². The number of carbonyl (C=O) groups is 1. The van der Waals surface area contributed by atoms with Crippen LogP contribution in [-0.2, 0) is 10.2 Å². The van der Waals surface area contributed by atoms with E-state index in [0.717, 1.165) is 42.6 Å². The van der Waals surface area contributed by atoms with E-state index >= 15 is 0 Å². The zero-order valence-corrected chi connectivity index (χ0v) is 15.0. The molecule has 4 heteroatoms. The molecule has 4 rings (SSSR count). The van der Waals surface area contributed by atoms with Gasteiger partial charge in [0.05, 0.1) is 24.7 Å². The third-order valence-corrected chi connectivity index (χ3v) is 5.89. The highest BCUT2D eigenvalue weighted by Gasteiger charge is 2.52. The van der Waals surface area contributed by atoms with Crippen molar-refractivity contribution < 1.29 is 14.6 Å². The minimum atomic E-state index is -0.415. The number of aliphatic hydroxyl groups is 1. The first-order chi connectivity index (χ1) is 12.6. The summed E-state index contributed by atoms with van der Waals surface area (Å²) in [4.78, 5) is 13.2. The highest BCUT2D eigenvalue weighted by Crippen LogP contribution is 2.49. The maximum Gasteiger partial charge on any atom is 0.231 e. The fourth-order valence-corrected chi connectivity index (χ4v) is 4.00. The number of hydrogen-bond donors (Lipinski definition) is 2. The second-order valence-electron chi connectivity index (χ2n) is 7.56. The van der Waals surface area contributed by atoms with Crippen LogP contribution in [0.2, 0.25) is 0 Å². The number of ether oxygens (including phenoxy) is 1. The van der Waals surface area contributed by atoms with Crippen LogP contribution in [0.25, 0.3) is 0 Å². The molecule has 2 aliphatic rings. The molecule has 0 radical (unpaired) electrons. The van der Waals surface area contributed by atoms with Gasteiger partial charge in [-0.3, -0.25) is 4.79 Å². The lowest BCUT2D eigenvalue weighted by Gasteiger charge is -2.39. The van der Waals surface area contributed by atoms with Crippen LogP contribution >= 0.6 is 0 Å². The Morgan fingerprint density at radius 3 is 2.31 bits per heavy atom. The molecule has 0 aromatic heterocycles. The van der Waals surface area contributed by atoms with Crippen molar-refractivity contribution in [1.29, 1.82) is 0 Å². The van der Waals surface area contributed by atoms with Crippen molar-refractivity contribution >= 4 is 5.91 Å². The van der Waals surface area contributed by atoms with E-state index in [1.54, 1.807) is 7.11 Å². The molecule has 4 nitrogen and oxygen atoms in total. The van der Waals surface area contributed by atoms with Gasteiger partial charge in [-0.2, -0.15) is 0 Å². The topological polar surface area (TPSA) is 58.6 Å². The van der Waals surface area contributed by atoms with Crippen LogP contribution in [0.5, 0.6) is 5.75 Å². The first kappa shape index (κ1) is 17.1. The third kappa shape index (κ3) is 3.10. The van der Waals surface area contributed by atoms with E-state index in [2.05, 4.69) is 17.4 Å². The molecule has 136 valence electrons. The normalized spacial score (nSPS) is 24.2. The molecule has 1 amide bonds. The summed E-state index contributed by atoms with van der Waals surface area (Å²) < 4.78 is 5.22. The summed E-state index contributed by atoms with van der Waals surface area (Å²) in [6.45, 7) is 0. The average molecular weight is 351 g/mol. The summed E-state index contributed by atoms with van der Waals surface area (Å²) >= 11 is 0. The number of hydrogen-bond acceptors (Lipinski definition) is 3. The summed E-state index contributed by atoms with van der Waals surface area (Å²) in [6.07, 6.45) is 3.00. The Kier molecular flexibility index (Phi) is 4.45. The quantitative estimate of drug-likeness (QED) is 0.839. The van der Waals surface area contributed by atoms with Crippen molar-refractivity contribution in [3.05, 3.63) is 65.7 Å². The number of amides is 1. The van der Waals surface area contributed by atoms with Crippen molar-refractivity contribution in [3.63, 3.8) is 0 Å². The van der Waals surface area contributed by atoms with Crippen LogP contribution in [0, 0.1) is 5.92 Å². The molecule has 0 aliphatic heterocycles. The number of nitrogens with one attached hydrogen (secondary N) is 1. The Morgan fingerprint density at radius 1 is 1.12 bits per heavy atom. The molecule has 0 bridgehead atoms. The predicted octanol–water partition coefficient (Wildman–Crippen LogP) is 3.36. The number of carbonyl (C=O) groups excluding carboxylic acids is 1. The van der Waals surface area contributed by atoms with Gasteiger partial charge in [0.2, 0.25) is 5.91 Å². The summed E-state index contributed by atoms with van der Waals surface area (Å²) in [7, 11) is 1.64. The summed E-state index contributed by atoms with van der Waals surface area (Å²) in [6, 6.07) is 17.9. The molecule has 0 saturated heterocycles. The number of aliphatic hydroxyl groups excluding tert-OH is 1. The average Bonchev–Trinajstić information content (AvgIpc) is 3.46. The first-order valence-electron chi connectivity index (χ1n) is 9.31. The fourth-order valence-electron chi connectivity index (χ4n) is 4.00. The molecule has 2 fully saturated rings. The van der Waals surface area contributed by atoms with Gasteiger partial charge in [-0.25, -0.2) is 0 Å². The molecule has 2 N–H and O–H groups in total. The van der Waals surface area contributed by atoms with E-state index in [1.807, 2.05) is 42.5 Å². The smallest absolute Gasteiger partial charge is 0.231 e. The van der Waals surface area contributed by atoms with Gasteiger partial charge < -0.3 is 15.2 Å². The molecule has 1 atom stereocenters. The molecule has 2 aliphatic carbocycles. The number of benzene rings is 2. The first-order valence-corrected chi connectivity index (χ1v) is 9.31. The van der Waals surface area contributed by atoms with Crippen LogP contribution < -0.4 is 10.1 Å². The second kappa shape index (κ2) is 6.76. The van der Waals surface area contributed by atoms with Gasteiger partial charge in [-0.15, -0.1) is 0 Å². The van der Waals surface area contributed by atoms with Gasteiger partial charge in [0, 0.05) is 0 Å². The highest BCUT2D eigenvalue weighted by molar-refractivity contribution is 5.91. The van der Waals surface area contributed by atoms with Gasteiger partial charge in [0.25, 0.3) is 0 Å². The van der Waals surface area contributed by atoms with Gasteiger partial charge in [-0.1, -0.05) is 42.5 Å². The fraction of sp³-hybridized carbons (Fsp3) is 0.409. The molecule has 26 heavy (non-hydrogen) atoms. The standard InChI is InChI=1S/C22H25NO3/c1-26-19-9-7-17(8-10-19)22(11-12-22)21(25)23-20(16-13-18(24)14-16)15-5-3-2-4-6-15/h2-10,16,18,20,24H,11-14H2,1H3,(H,23,25). The van der Waals surface area contributed by atoms with Crippen molar-refractivity contribution in [2.45, 2.75) is 43.2 Å². The van der Waals surface area contributed by atoms with Crippen molar-refractivity contribution in [1.82, 2.24) is 5.32 Å². The summed E-state index contributed by atoms with van der Waals surface area (Å²) in [5.41, 5.74) is 1.75. The van der Waals surface area contributed by atoms with Crippen molar-refractivity contribution in [3.8, 4) is 5.75 Å². The van der Waals surface area contributed by atoms with E-state index < -0.39 is 5.41 Å². The van der Waals surface area contributed by atoms with E-state index in [4.69, 9.17) is 4.74 Å². The van der Waals surface area contributed by atoms with Crippen LogP contribution in [0.1, 0.15) is 42.9 Å². The highest BCUT2D eigenvalue weighted by atomic mass is 16.5.